The Morgan fingerprint density at radius 2 is 1.88 bits per heavy atom. The first kappa shape index (κ1) is 11.0. The molecule has 0 atom stereocenters. The zero-order valence-corrected chi connectivity index (χ0v) is 9.73. The van der Waals surface area contributed by atoms with Crippen molar-refractivity contribution in [3.8, 4) is 17.2 Å². The van der Waals surface area contributed by atoms with E-state index < -0.39 is 0 Å². The van der Waals surface area contributed by atoms with E-state index >= 15 is 0 Å². The molecule has 0 radical (unpaired) electrons. The molecule has 0 aliphatic carbocycles. The van der Waals surface area contributed by atoms with Gasteiger partial charge in [-0.25, -0.2) is 0 Å². The van der Waals surface area contributed by atoms with Crippen molar-refractivity contribution >= 4 is 11.6 Å². The lowest BCUT2D eigenvalue weighted by Crippen LogP contribution is -2.05. The highest BCUT2D eigenvalue weighted by molar-refractivity contribution is 6.27. The van der Waals surface area contributed by atoms with Crippen LogP contribution < -0.4 is 4.74 Å². The maximum atomic E-state index is 5.55. The van der Waals surface area contributed by atoms with Crippen LogP contribution in [0, 0.1) is 0 Å². The highest BCUT2D eigenvalue weighted by atomic mass is 35.5. The predicted molar refractivity (Wildman–Crippen MR) is 60.5 cm³/mol. The van der Waals surface area contributed by atoms with Crippen LogP contribution in [0.1, 0.15) is 13.8 Å². The molecule has 2 aromatic rings. The summed E-state index contributed by atoms with van der Waals surface area (Å²) in [6.07, 6.45) is 0.156. The fourth-order valence-corrected chi connectivity index (χ4v) is 1.38. The number of benzene rings is 1. The van der Waals surface area contributed by atoms with Gasteiger partial charge in [-0.1, -0.05) is 5.10 Å². The molecule has 5 heteroatoms. The highest BCUT2D eigenvalue weighted by Crippen LogP contribution is 2.22. The highest BCUT2D eigenvalue weighted by Gasteiger charge is 2.06. The van der Waals surface area contributed by atoms with Gasteiger partial charge in [0.05, 0.1) is 6.10 Å². The Morgan fingerprint density at radius 1 is 1.19 bits per heavy atom. The van der Waals surface area contributed by atoms with Crippen LogP contribution in [0.4, 0.5) is 0 Å². The minimum atomic E-state index is 0.0394. The van der Waals surface area contributed by atoms with Crippen LogP contribution in [0.25, 0.3) is 11.5 Å². The summed E-state index contributed by atoms with van der Waals surface area (Å²) in [4.78, 5) is 0. The average molecular weight is 239 g/mol. The number of halogens is 1. The summed E-state index contributed by atoms with van der Waals surface area (Å²) >= 11 is 5.55. The second kappa shape index (κ2) is 4.53. The first-order valence-corrected chi connectivity index (χ1v) is 5.29. The van der Waals surface area contributed by atoms with Gasteiger partial charge in [-0.3, -0.25) is 0 Å². The van der Waals surface area contributed by atoms with Crippen molar-refractivity contribution in [2.24, 2.45) is 0 Å². The largest absolute Gasteiger partial charge is 0.491 e. The summed E-state index contributed by atoms with van der Waals surface area (Å²) in [5.41, 5.74) is 0.815. The van der Waals surface area contributed by atoms with Gasteiger partial charge in [0.2, 0.25) is 5.89 Å². The standard InChI is InChI=1S/C11H11ClN2O2/c1-7(2)15-9-5-3-8(4-6-9)10-13-14-11(12)16-10/h3-7H,1-2H3. The van der Waals surface area contributed by atoms with Crippen molar-refractivity contribution in [2.45, 2.75) is 20.0 Å². The molecule has 1 heterocycles. The second-order valence-electron chi connectivity index (χ2n) is 3.55. The molecule has 84 valence electrons. The number of hydrogen-bond donors (Lipinski definition) is 0. The van der Waals surface area contributed by atoms with Crippen molar-refractivity contribution < 1.29 is 9.15 Å². The van der Waals surface area contributed by atoms with Gasteiger partial charge in [0, 0.05) is 5.56 Å². The summed E-state index contributed by atoms with van der Waals surface area (Å²) in [5.74, 6) is 1.21. The first-order chi connectivity index (χ1) is 7.65. The molecule has 0 N–H and O–H groups in total. The Balaban J connectivity index is 2.19. The number of nitrogens with zero attached hydrogens (tertiary/aromatic N) is 2. The van der Waals surface area contributed by atoms with Crippen LogP contribution >= 0.6 is 11.6 Å². The zero-order valence-electron chi connectivity index (χ0n) is 8.98. The number of hydrogen-bond acceptors (Lipinski definition) is 4. The van der Waals surface area contributed by atoms with E-state index in [1.165, 1.54) is 0 Å². The Labute approximate surface area is 98.2 Å². The van der Waals surface area contributed by atoms with Gasteiger partial charge in [-0.15, -0.1) is 5.10 Å². The fourth-order valence-electron chi connectivity index (χ4n) is 1.27. The van der Waals surface area contributed by atoms with Gasteiger partial charge < -0.3 is 9.15 Å². The molecule has 0 saturated carbocycles. The smallest absolute Gasteiger partial charge is 0.313 e. The second-order valence-corrected chi connectivity index (χ2v) is 3.87. The molecule has 0 aliphatic rings. The quantitative estimate of drug-likeness (QED) is 0.824. The van der Waals surface area contributed by atoms with Crippen molar-refractivity contribution in [3.63, 3.8) is 0 Å². The van der Waals surface area contributed by atoms with Crippen molar-refractivity contribution in [1.82, 2.24) is 10.2 Å². The summed E-state index contributed by atoms with van der Waals surface area (Å²) in [7, 11) is 0. The van der Waals surface area contributed by atoms with Gasteiger partial charge in [0.25, 0.3) is 0 Å². The van der Waals surface area contributed by atoms with Crippen LogP contribution in [0.5, 0.6) is 5.75 Å². The predicted octanol–water partition coefficient (Wildman–Crippen LogP) is 3.18. The molecule has 0 saturated heterocycles. The number of aromatic nitrogens is 2. The lowest BCUT2D eigenvalue weighted by Gasteiger charge is -2.09. The van der Waals surface area contributed by atoms with E-state index in [0.29, 0.717) is 5.89 Å². The molecule has 0 bridgehead atoms. The van der Waals surface area contributed by atoms with E-state index in [0.717, 1.165) is 11.3 Å². The number of rotatable bonds is 3. The zero-order chi connectivity index (χ0) is 11.5. The van der Waals surface area contributed by atoms with Crippen LogP contribution in [0.2, 0.25) is 5.35 Å². The molecule has 1 aromatic heterocycles. The Bertz CT molecular complexity index is 465. The maximum Gasteiger partial charge on any atom is 0.313 e. The molecule has 4 nitrogen and oxygen atoms in total. The van der Waals surface area contributed by atoms with E-state index in [2.05, 4.69) is 10.2 Å². The molecular formula is C11H11ClN2O2. The normalized spacial score (nSPS) is 10.8. The van der Waals surface area contributed by atoms with Crippen LogP contribution in [-0.4, -0.2) is 16.3 Å². The molecule has 1 aromatic carbocycles. The molecule has 16 heavy (non-hydrogen) atoms. The molecule has 0 spiro atoms. The van der Waals surface area contributed by atoms with Crippen LogP contribution in [0.3, 0.4) is 0 Å². The van der Waals surface area contributed by atoms with Gasteiger partial charge in [-0.2, -0.15) is 0 Å². The summed E-state index contributed by atoms with van der Waals surface area (Å²) in [6.45, 7) is 3.96. The van der Waals surface area contributed by atoms with Crippen LogP contribution in [0.15, 0.2) is 28.7 Å². The van der Waals surface area contributed by atoms with E-state index in [1.54, 1.807) is 0 Å². The van der Waals surface area contributed by atoms with E-state index in [9.17, 15) is 0 Å². The molecular weight excluding hydrogens is 228 g/mol. The van der Waals surface area contributed by atoms with E-state index in [1.807, 2.05) is 38.1 Å². The van der Waals surface area contributed by atoms with Crippen molar-refractivity contribution in [1.29, 1.82) is 0 Å². The SMILES string of the molecule is CC(C)Oc1ccc(-c2nnc(Cl)o2)cc1. The lowest BCUT2D eigenvalue weighted by atomic mass is 10.2. The average Bonchev–Trinajstić information content (AvgIpc) is 2.65. The topological polar surface area (TPSA) is 48.2 Å². The van der Waals surface area contributed by atoms with E-state index in [4.69, 9.17) is 20.8 Å². The third-order valence-corrected chi connectivity index (χ3v) is 2.03. The summed E-state index contributed by atoms with van der Waals surface area (Å²) < 4.78 is 10.6. The molecule has 2 rings (SSSR count). The summed E-state index contributed by atoms with van der Waals surface area (Å²) in [5, 5.41) is 7.41. The van der Waals surface area contributed by atoms with Gasteiger partial charge in [0.15, 0.2) is 0 Å². The molecule has 0 aliphatic heterocycles. The van der Waals surface area contributed by atoms with Gasteiger partial charge >= 0.3 is 5.35 Å². The third-order valence-electron chi connectivity index (χ3n) is 1.87. The fraction of sp³-hybridized carbons (Fsp3) is 0.273. The third kappa shape index (κ3) is 2.52. The Kier molecular flexibility index (Phi) is 3.10. The minimum Gasteiger partial charge on any atom is -0.491 e. The van der Waals surface area contributed by atoms with Crippen molar-refractivity contribution in [2.75, 3.05) is 0 Å². The maximum absolute atomic E-state index is 5.55. The Morgan fingerprint density at radius 3 is 2.38 bits per heavy atom. The lowest BCUT2D eigenvalue weighted by molar-refractivity contribution is 0.242. The molecule has 0 fully saturated rings. The summed E-state index contributed by atoms with van der Waals surface area (Å²) in [6, 6.07) is 7.41. The van der Waals surface area contributed by atoms with Gasteiger partial charge in [-0.05, 0) is 49.7 Å². The first-order valence-electron chi connectivity index (χ1n) is 4.91. The van der Waals surface area contributed by atoms with Gasteiger partial charge in [0.1, 0.15) is 5.75 Å². The minimum absolute atomic E-state index is 0.0394. The van der Waals surface area contributed by atoms with Crippen LogP contribution in [-0.2, 0) is 0 Å². The monoisotopic (exact) mass is 238 g/mol. The number of ether oxygens (including phenoxy) is 1. The molecule has 0 unspecified atom stereocenters. The van der Waals surface area contributed by atoms with E-state index in [-0.39, 0.29) is 11.5 Å². The molecule has 0 amide bonds. The van der Waals surface area contributed by atoms with Crippen molar-refractivity contribution in [3.05, 3.63) is 29.6 Å². The Hall–Kier alpha value is -1.55.